The molecule has 1 aliphatic rings. The quantitative estimate of drug-likeness (QED) is 0.0479. The van der Waals surface area contributed by atoms with E-state index in [0.717, 1.165) is 64.5 Å². The molecule has 0 aromatic heterocycles. The summed E-state index contributed by atoms with van der Waals surface area (Å²) in [5.74, 6) is -0.283. The third-order valence-electron chi connectivity index (χ3n) is 11.1. The van der Waals surface area contributed by atoms with Crippen LogP contribution in [0.3, 0.4) is 0 Å². The molecule has 7 nitrogen and oxygen atoms in total. The molecule has 0 bridgehead atoms. The second-order valence-corrected chi connectivity index (χ2v) is 15.7. The van der Waals surface area contributed by atoms with Crippen LogP contribution in [0.15, 0.2) is 0 Å². The summed E-state index contributed by atoms with van der Waals surface area (Å²) in [4.78, 5) is 44.5. The van der Waals surface area contributed by atoms with Gasteiger partial charge in [0.2, 0.25) is 5.91 Å². The molecule has 1 atom stereocenters. The predicted molar refractivity (Wildman–Crippen MR) is 214 cm³/mol. The highest BCUT2D eigenvalue weighted by Crippen LogP contribution is 2.22. The first-order valence-corrected chi connectivity index (χ1v) is 22.2. The van der Waals surface area contributed by atoms with Gasteiger partial charge < -0.3 is 19.3 Å². The Kier molecular flexibility index (Phi) is 30.6. The van der Waals surface area contributed by atoms with Gasteiger partial charge in [0, 0.05) is 12.5 Å². The van der Waals surface area contributed by atoms with Gasteiger partial charge in [0.25, 0.3) is 0 Å². The van der Waals surface area contributed by atoms with Gasteiger partial charge in [0.05, 0.1) is 24.9 Å². The normalized spacial score (nSPS) is 14.0. The molecule has 1 heterocycles. The number of rotatable bonds is 35. The SMILES string of the molecule is CCCCCCCC(CCCCCCC)C(=O)OCCN(CCOC(=O)C(CCCCCCC)CCCCCCC)C(=O)CC(C)N1CCCC1. The molecule has 1 amide bonds. The minimum Gasteiger partial charge on any atom is -0.464 e. The summed E-state index contributed by atoms with van der Waals surface area (Å²) < 4.78 is 11.8. The van der Waals surface area contributed by atoms with Crippen molar-refractivity contribution in [1.82, 2.24) is 9.80 Å². The molecule has 0 N–H and O–H groups in total. The number of carbonyl (C=O) groups excluding carboxylic acids is 3. The Bertz CT molecular complexity index is 767. The summed E-state index contributed by atoms with van der Waals surface area (Å²) >= 11 is 0. The van der Waals surface area contributed by atoms with E-state index in [1.54, 1.807) is 4.90 Å². The van der Waals surface area contributed by atoms with Crippen molar-refractivity contribution in [2.45, 2.75) is 214 Å². The molecule has 1 fully saturated rings. The van der Waals surface area contributed by atoms with Crippen LogP contribution in [0.2, 0.25) is 0 Å². The lowest BCUT2D eigenvalue weighted by Gasteiger charge is -2.28. The molecular formula is C44H84N2O5. The van der Waals surface area contributed by atoms with Crippen LogP contribution < -0.4 is 0 Å². The second kappa shape index (κ2) is 33.0. The van der Waals surface area contributed by atoms with Gasteiger partial charge in [0.1, 0.15) is 13.2 Å². The van der Waals surface area contributed by atoms with Crippen LogP contribution in [0.1, 0.15) is 208 Å². The summed E-state index contributed by atoms with van der Waals surface area (Å²) in [5, 5.41) is 0. The number of hydrogen-bond donors (Lipinski definition) is 0. The molecule has 0 aromatic carbocycles. The molecule has 1 rings (SSSR count). The largest absolute Gasteiger partial charge is 0.464 e. The van der Waals surface area contributed by atoms with E-state index in [-0.39, 0.29) is 48.9 Å². The lowest BCUT2D eigenvalue weighted by molar-refractivity contribution is -0.152. The molecule has 7 heteroatoms. The smallest absolute Gasteiger partial charge is 0.308 e. The maximum atomic E-state index is 13.7. The topological polar surface area (TPSA) is 76.1 Å². The lowest BCUT2D eigenvalue weighted by atomic mass is 9.94. The molecular weight excluding hydrogens is 636 g/mol. The molecule has 1 unspecified atom stereocenters. The summed E-state index contributed by atoms with van der Waals surface area (Å²) in [5.41, 5.74) is 0. The van der Waals surface area contributed by atoms with E-state index in [9.17, 15) is 14.4 Å². The Balaban J connectivity index is 2.80. The monoisotopic (exact) mass is 721 g/mol. The minimum absolute atomic E-state index is 0.0493. The van der Waals surface area contributed by atoms with E-state index >= 15 is 0 Å². The fraction of sp³-hybridized carbons (Fsp3) is 0.932. The Hall–Kier alpha value is -1.63. The number of amides is 1. The molecule has 0 aliphatic carbocycles. The highest BCUT2D eigenvalue weighted by molar-refractivity contribution is 5.77. The zero-order valence-electron chi connectivity index (χ0n) is 34.5. The van der Waals surface area contributed by atoms with Gasteiger partial charge in [-0.25, -0.2) is 0 Å². The third kappa shape index (κ3) is 24.3. The van der Waals surface area contributed by atoms with Crippen LogP contribution in [0.4, 0.5) is 0 Å². The van der Waals surface area contributed by atoms with E-state index in [2.05, 4.69) is 39.5 Å². The first kappa shape index (κ1) is 47.4. The van der Waals surface area contributed by atoms with Crippen molar-refractivity contribution in [3.63, 3.8) is 0 Å². The van der Waals surface area contributed by atoms with Crippen molar-refractivity contribution < 1.29 is 23.9 Å². The predicted octanol–water partition coefficient (Wildman–Crippen LogP) is 11.5. The third-order valence-corrected chi connectivity index (χ3v) is 11.1. The van der Waals surface area contributed by atoms with Crippen molar-refractivity contribution in [3.05, 3.63) is 0 Å². The van der Waals surface area contributed by atoms with Gasteiger partial charge in [-0.1, -0.05) is 156 Å². The van der Waals surface area contributed by atoms with E-state index in [1.165, 1.54) is 116 Å². The Labute approximate surface area is 316 Å². The van der Waals surface area contributed by atoms with Crippen molar-refractivity contribution in [2.75, 3.05) is 39.4 Å². The first-order chi connectivity index (χ1) is 24.9. The highest BCUT2D eigenvalue weighted by atomic mass is 16.5. The molecule has 1 saturated heterocycles. The van der Waals surface area contributed by atoms with Gasteiger partial charge >= 0.3 is 11.9 Å². The standard InChI is InChI=1S/C44H84N2O5/c1-6-10-14-18-22-28-40(29-23-19-15-11-7-2)43(48)50-36-34-46(42(47)38-39(5)45-32-26-27-33-45)35-37-51-44(49)41(30-24-20-16-12-8-3)31-25-21-17-13-9-4/h39-41H,6-38H2,1-5H3. The van der Waals surface area contributed by atoms with Gasteiger partial charge in [0.15, 0.2) is 0 Å². The Morgan fingerprint density at radius 2 is 0.863 bits per heavy atom. The summed E-state index contributed by atoms with van der Waals surface area (Å²) in [6.45, 7) is 14.2. The lowest BCUT2D eigenvalue weighted by Crippen LogP contribution is -2.41. The molecule has 0 saturated carbocycles. The van der Waals surface area contributed by atoms with Crippen molar-refractivity contribution in [3.8, 4) is 0 Å². The first-order valence-electron chi connectivity index (χ1n) is 22.2. The van der Waals surface area contributed by atoms with Crippen LogP contribution in [0.25, 0.3) is 0 Å². The minimum atomic E-state index is -0.106. The Morgan fingerprint density at radius 1 is 0.529 bits per heavy atom. The maximum absolute atomic E-state index is 13.7. The fourth-order valence-corrected chi connectivity index (χ4v) is 7.54. The number of likely N-dealkylation sites (tertiary alicyclic amines) is 1. The number of esters is 2. The summed E-state index contributed by atoms with van der Waals surface area (Å²) in [6.07, 6.45) is 30.1. The number of carbonyl (C=O) groups is 3. The molecule has 1 aliphatic heterocycles. The number of ether oxygens (including phenoxy) is 2. The average molecular weight is 721 g/mol. The van der Waals surface area contributed by atoms with E-state index < -0.39 is 0 Å². The van der Waals surface area contributed by atoms with Crippen LogP contribution in [0.5, 0.6) is 0 Å². The van der Waals surface area contributed by atoms with Crippen molar-refractivity contribution in [2.24, 2.45) is 11.8 Å². The average Bonchev–Trinajstić information content (AvgIpc) is 3.67. The molecule has 0 aromatic rings. The zero-order valence-corrected chi connectivity index (χ0v) is 34.5. The number of hydrogen-bond acceptors (Lipinski definition) is 6. The van der Waals surface area contributed by atoms with E-state index in [4.69, 9.17) is 9.47 Å². The van der Waals surface area contributed by atoms with Gasteiger partial charge in [-0.2, -0.15) is 0 Å². The summed E-state index contributed by atoms with van der Waals surface area (Å²) in [7, 11) is 0. The van der Waals surface area contributed by atoms with Crippen molar-refractivity contribution >= 4 is 17.8 Å². The molecule has 51 heavy (non-hydrogen) atoms. The van der Waals surface area contributed by atoms with Gasteiger partial charge in [-0.15, -0.1) is 0 Å². The van der Waals surface area contributed by atoms with E-state index in [0.29, 0.717) is 19.5 Å². The molecule has 0 radical (unpaired) electrons. The van der Waals surface area contributed by atoms with Crippen LogP contribution in [0, 0.1) is 11.8 Å². The van der Waals surface area contributed by atoms with Crippen LogP contribution >= 0.6 is 0 Å². The maximum Gasteiger partial charge on any atom is 0.308 e. The van der Waals surface area contributed by atoms with Gasteiger partial charge in [-0.3, -0.25) is 14.4 Å². The number of unbranched alkanes of at least 4 members (excludes halogenated alkanes) is 16. The fourth-order valence-electron chi connectivity index (χ4n) is 7.54. The van der Waals surface area contributed by atoms with Gasteiger partial charge in [-0.05, 0) is 58.5 Å². The highest BCUT2D eigenvalue weighted by Gasteiger charge is 2.25. The summed E-state index contributed by atoms with van der Waals surface area (Å²) in [6, 6.07) is 0.169. The Morgan fingerprint density at radius 3 is 1.20 bits per heavy atom. The van der Waals surface area contributed by atoms with Crippen LogP contribution in [-0.4, -0.2) is 73.1 Å². The van der Waals surface area contributed by atoms with Crippen LogP contribution in [-0.2, 0) is 23.9 Å². The zero-order chi connectivity index (χ0) is 37.4. The second-order valence-electron chi connectivity index (χ2n) is 15.7. The van der Waals surface area contributed by atoms with E-state index in [1.807, 2.05) is 0 Å². The molecule has 300 valence electrons. The van der Waals surface area contributed by atoms with Crippen molar-refractivity contribution in [1.29, 1.82) is 0 Å². The molecule has 0 spiro atoms. The number of nitrogens with zero attached hydrogens (tertiary/aromatic N) is 2.